The summed E-state index contributed by atoms with van der Waals surface area (Å²) < 4.78 is 1.11. The molecule has 3 heteroatoms. The molecule has 17 heavy (non-hydrogen) atoms. The van der Waals surface area contributed by atoms with Crippen molar-refractivity contribution in [1.29, 1.82) is 0 Å². The molecule has 0 radical (unpaired) electrons. The number of likely N-dealkylation sites (N-methyl/N-ethyl adjacent to an activating group) is 1. The number of hydrogen-bond donors (Lipinski definition) is 1. The Morgan fingerprint density at radius 3 is 2.82 bits per heavy atom. The molecule has 0 aliphatic carbocycles. The summed E-state index contributed by atoms with van der Waals surface area (Å²) in [6, 6.07) is 6.78. The number of hydrogen-bond acceptors (Lipinski definition) is 2. The zero-order valence-corrected chi connectivity index (χ0v) is 12.4. The topological polar surface area (TPSA) is 15.3 Å². The van der Waals surface area contributed by atoms with E-state index in [2.05, 4.69) is 71.8 Å². The fourth-order valence-electron chi connectivity index (χ4n) is 1.92. The summed E-state index contributed by atoms with van der Waals surface area (Å²) >= 11 is 3.53. The lowest BCUT2D eigenvalue weighted by Crippen LogP contribution is -2.23. The van der Waals surface area contributed by atoms with Gasteiger partial charge < -0.3 is 10.2 Å². The molecule has 1 rings (SSSR count). The van der Waals surface area contributed by atoms with E-state index in [-0.39, 0.29) is 0 Å². The summed E-state index contributed by atoms with van der Waals surface area (Å²) in [7, 11) is 2.09. The van der Waals surface area contributed by atoms with Gasteiger partial charge >= 0.3 is 0 Å². The standard InChI is InChI=1S/C14H21BrN2/c1-5-9-17(4)14-10-12(15)7-8-13(14)11(3)16-6-2/h5,7-8,10-11,16H,1,6,9H2,2-4H3. The van der Waals surface area contributed by atoms with Crippen LogP contribution in [0.4, 0.5) is 5.69 Å². The molecule has 1 unspecified atom stereocenters. The summed E-state index contributed by atoms with van der Waals surface area (Å²) in [5.74, 6) is 0. The van der Waals surface area contributed by atoms with Crippen molar-refractivity contribution in [3.8, 4) is 0 Å². The summed E-state index contributed by atoms with van der Waals surface area (Å²) in [5, 5.41) is 3.45. The van der Waals surface area contributed by atoms with Crippen LogP contribution in [0.2, 0.25) is 0 Å². The van der Waals surface area contributed by atoms with Gasteiger partial charge in [0.1, 0.15) is 0 Å². The first kappa shape index (κ1) is 14.3. The van der Waals surface area contributed by atoms with Gasteiger partial charge in [-0.25, -0.2) is 0 Å². The first-order chi connectivity index (χ1) is 8.10. The molecule has 0 spiro atoms. The summed E-state index contributed by atoms with van der Waals surface area (Å²) in [5.41, 5.74) is 2.56. The smallest absolute Gasteiger partial charge is 0.0426 e. The first-order valence-electron chi connectivity index (χ1n) is 5.95. The molecular formula is C14H21BrN2. The summed E-state index contributed by atoms with van der Waals surface area (Å²) in [4.78, 5) is 2.21. The minimum absolute atomic E-state index is 0.357. The second-order valence-electron chi connectivity index (χ2n) is 4.15. The van der Waals surface area contributed by atoms with Crippen LogP contribution in [0.1, 0.15) is 25.5 Å². The highest BCUT2D eigenvalue weighted by atomic mass is 79.9. The van der Waals surface area contributed by atoms with E-state index in [4.69, 9.17) is 0 Å². The van der Waals surface area contributed by atoms with E-state index in [1.165, 1.54) is 11.3 Å². The van der Waals surface area contributed by atoms with Gasteiger partial charge in [-0.15, -0.1) is 6.58 Å². The second kappa shape index (κ2) is 6.82. The molecule has 0 fully saturated rings. The molecule has 94 valence electrons. The highest BCUT2D eigenvalue weighted by Gasteiger charge is 2.12. The van der Waals surface area contributed by atoms with E-state index >= 15 is 0 Å². The molecule has 0 heterocycles. The third-order valence-corrected chi connectivity index (χ3v) is 3.28. The average Bonchev–Trinajstić information content (AvgIpc) is 2.29. The maximum Gasteiger partial charge on any atom is 0.0426 e. The van der Waals surface area contributed by atoms with E-state index in [0.29, 0.717) is 6.04 Å². The number of nitrogens with one attached hydrogen (secondary N) is 1. The lowest BCUT2D eigenvalue weighted by atomic mass is 10.1. The molecule has 0 saturated carbocycles. The van der Waals surface area contributed by atoms with Crippen molar-refractivity contribution in [3.63, 3.8) is 0 Å². The number of rotatable bonds is 6. The Labute approximate surface area is 113 Å². The predicted octanol–water partition coefficient (Wildman–Crippen LogP) is 3.74. The van der Waals surface area contributed by atoms with E-state index in [9.17, 15) is 0 Å². The molecule has 1 atom stereocenters. The highest BCUT2D eigenvalue weighted by Crippen LogP contribution is 2.29. The lowest BCUT2D eigenvalue weighted by molar-refractivity contribution is 0.597. The number of nitrogens with zero attached hydrogens (tertiary/aromatic N) is 1. The number of anilines is 1. The largest absolute Gasteiger partial charge is 0.371 e. The van der Waals surface area contributed by atoms with Crippen LogP contribution in [0.5, 0.6) is 0 Å². The first-order valence-corrected chi connectivity index (χ1v) is 6.74. The molecule has 1 N–H and O–H groups in total. The normalized spacial score (nSPS) is 12.2. The van der Waals surface area contributed by atoms with Gasteiger partial charge in [-0.3, -0.25) is 0 Å². The van der Waals surface area contributed by atoms with Gasteiger partial charge in [-0.1, -0.05) is 35.0 Å². The molecule has 0 aliphatic heterocycles. The van der Waals surface area contributed by atoms with Crippen LogP contribution in [0.25, 0.3) is 0 Å². The van der Waals surface area contributed by atoms with E-state index in [1.54, 1.807) is 0 Å². The zero-order chi connectivity index (χ0) is 12.8. The van der Waals surface area contributed by atoms with Crippen LogP contribution < -0.4 is 10.2 Å². The molecule has 0 aromatic heterocycles. The van der Waals surface area contributed by atoms with Gasteiger partial charge in [0.25, 0.3) is 0 Å². The highest BCUT2D eigenvalue weighted by molar-refractivity contribution is 9.10. The third-order valence-electron chi connectivity index (χ3n) is 2.78. The van der Waals surface area contributed by atoms with Gasteiger partial charge in [0.15, 0.2) is 0 Å². The molecule has 2 nitrogen and oxygen atoms in total. The SMILES string of the molecule is C=CCN(C)c1cc(Br)ccc1C(C)NCC. The summed E-state index contributed by atoms with van der Waals surface area (Å²) in [6.45, 7) is 9.93. The zero-order valence-electron chi connectivity index (χ0n) is 10.8. The van der Waals surface area contributed by atoms with Crippen LogP contribution in [-0.4, -0.2) is 20.1 Å². The van der Waals surface area contributed by atoms with E-state index < -0.39 is 0 Å². The van der Waals surface area contributed by atoms with Gasteiger partial charge in [-0.2, -0.15) is 0 Å². The van der Waals surface area contributed by atoms with Crippen molar-refractivity contribution < 1.29 is 0 Å². The Morgan fingerprint density at radius 1 is 1.53 bits per heavy atom. The maximum atomic E-state index is 3.79. The van der Waals surface area contributed by atoms with Gasteiger partial charge in [0, 0.05) is 29.8 Å². The van der Waals surface area contributed by atoms with Crippen LogP contribution >= 0.6 is 15.9 Å². The van der Waals surface area contributed by atoms with Crippen molar-refractivity contribution in [3.05, 3.63) is 40.9 Å². The van der Waals surface area contributed by atoms with Crippen molar-refractivity contribution in [2.75, 3.05) is 25.0 Å². The Bertz CT molecular complexity index is 376. The van der Waals surface area contributed by atoms with E-state index in [1.807, 2.05) is 6.08 Å². The molecule has 0 aliphatic rings. The van der Waals surface area contributed by atoms with Crippen LogP contribution in [-0.2, 0) is 0 Å². The van der Waals surface area contributed by atoms with Crippen molar-refractivity contribution in [1.82, 2.24) is 5.32 Å². The van der Waals surface area contributed by atoms with Gasteiger partial charge in [0.2, 0.25) is 0 Å². The molecular weight excluding hydrogens is 276 g/mol. The summed E-state index contributed by atoms with van der Waals surface area (Å²) in [6.07, 6.45) is 1.92. The van der Waals surface area contributed by atoms with Crippen molar-refractivity contribution >= 4 is 21.6 Å². The Kier molecular flexibility index (Phi) is 5.72. The quantitative estimate of drug-likeness (QED) is 0.805. The predicted molar refractivity (Wildman–Crippen MR) is 79.7 cm³/mol. The number of halogens is 1. The lowest BCUT2D eigenvalue weighted by Gasteiger charge is -2.24. The van der Waals surface area contributed by atoms with Gasteiger partial charge in [-0.05, 0) is 31.2 Å². The molecule has 0 saturated heterocycles. The third kappa shape index (κ3) is 3.86. The van der Waals surface area contributed by atoms with Crippen molar-refractivity contribution in [2.45, 2.75) is 19.9 Å². The Hall–Kier alpha value is -0.800. The minimum Gasteiger partial charge on any atom is -0.371 e. The van der Waals surface area contributed by atoms with Crippen LogP contribution in [0.15, 0.2) is 35.3 Å². The van der Waals surface area contributed by atoms with Crippen molar-refractivity contribution in [2.24, 2.45) is 0 Å². The van der Waals surface area contributed by atoms with Gasteiger partial charge in [0.05, 0.1) is 0 Å². The average molecular weight is 297 g/mol. The molecule has 0 amide bonds. The molecule has 1 aromatic rings. The number of benzene rings is 1. The van der Waals surface area contributed by atoms with E-state index in [0.717, 1.165) is 17.6 Å². The maximum absolute atomic E-state index is 3.79. The Morgan fingerprint density at radius 2 is 2.24 bits per heavy atom. The fourth-order valence-corrected chi connectivity index (χ4v) is 2.27. The monoisotopic (exact) mass is 296 g/mol. The Balaban J connectivity index is 3.06. The van der Waals surface area contributed by atoms with Crippen LogP contribution in [0, 0.1) is 0 Å². The minimum atomic E-state index is 0.357. The second-order valence-corrected chi connectivity index (χ2v) is 5.07. The molecule has 0 bridgehead atoms. The fraction of sp³-hybridized carbons (Fsp3) is 0.429. The molecule has 1 aromatic carbocycles. The van der Waals surface area contributed by atoms with Crippen LogP contribution in [0.3, 0.4) is 0 Å².